The number of nitrogens with zero attached hydrogens (tertiary/aromatic N) is 3. The molecule has 1 N–H and O–H groups in total. The summed E-state index contributed by atoms with van der Waals surface area (Å²) < 4.78 is 7.22. The van der Waals surface area contributed by atoms with Crippen LogP contribution in [0.1, 0.15) is 17.1 Å². The average Bonchev–Trinajstić information content (AvgIpc) is 3.23. The van der Waals surface area contributed by atoms with Gasteiger partial charge >= 0.3 is 0 Å². The van der Waals surface area contributed by atoms with Gasteiger partial charge in [-0.15, -0.1) is 11.8 Å². The molecule has 0 radical (unpaired) electrons. The molecule has 5 aromatic rings. The maximum atomic E-state index is 12.5. The molecule has 5 rings (SSSR count). The molecule has 0 aliphatic rings. The Balaban J connectivity index is 1.26. The number of ether oxygens (including phenoxy) is 1. The van der Waals surface area contributed by atoms with E-state index in [4.69, 9.17) is 4.74 Å². The fraction of sp³-hybridized carbons (Fsp3) is 0.0800. The molecule has 0 saturated carbocycles. The van der Waals surface area contributed by atoms with Crippen molar-refractivity contribution < 1.29 is 4.74 Å². The standard InChI is InChI=1S/C25H20N4O2S/c30-24-16-19(26-25-27-23(28-29(24)25)15-18-7-3-1-4-8-18)17-32-22-13-11-21(12-14-22)31-20-9-5-2-6-10-20/h1-14,16H,15,17H2,(H,26,27,28). The Hall–Kier alpha value is -3.84. The maximum absolute atomic E-state index is 12.5. The molecule has 0 fully saturated rings. The summed E-state index contributed by atoms with van der Waals surface area (Å²) in [5, 5.41) is 3.05. The van der Waals surface area contributed by atoms with Crippen molar-refractivity contribution in [3.8, 4) is 11.5 Å². The zero-order valence-electron chi connectivity index (χ0n) is 17.1. The van der Waals surface area contributed by atoms with Crippen LogP contribution in [-0.4, -0.2) is 19.6 Å². The number of nitrogens with one attached hydrogen (secondary N) is 1. The van der Waals surface area contributed by atoms with E-state index in [2.05, 4.69) is 15.1 Å². The maximum Gasteiger partial charge on any atom is 0.274 e. The van der Waals surface area contributed by atoms with Crippen molar-refractivity contribution in [3.05, 3.63) is 118 Å². The topological polar surface area (TPSA) is 72.3 Å². The van der Waals surface area contributed by atoms with Crippen LogP contribution in [-0.2, 0) is 12.2 Å². The normalized spacial score (nSPS) is 11.0. The molecule has 2 aromatic heterocycles. The number of fused-ring (bicyclic) bond motifs is 1. The lowest BCUT2D eigenvalue weighted by atomic mass is 10.1. The fourth-order valence-corrected chi connectivity index (χ4v) is 4.09. The molecule has 0 unspecified atom stereocenters. The van der Waals surface area contributed by atoms with Crippen LogP contribution in [0.4, 0.5) is 0 Å². The first-order valence-corrected chi connectivity index (χ1v) is 11.2. The van der Waals surface area contributed by atoms with Crippen LogP contribution in [0, 0.1) is 0 Å². The summed E-state index contributed by atoms with van der Waals surface area (Å²) >= 11 is 1.61. The van der Waals surface area contributed by atoms with E-state index >= 15 is 0 Å². The molecule has 32 heavy (non-hydrogen) atoms. The fourth-order valence-electron chi connectivity index (χ4n) is 3.30. The second kappa shape index (κ2) is 9.11. The van der Waals surface area contributed by atoms with Crippen LogP contribution >= 0.6 is 11.8 Å². The highest BCUT2D eigenvalue weighted by Gasteiger charge is 2.09. The number of H-pyrrole nitrogens is 1. The minimum Gasteiger partial charge on any atom is -0.457 e. The van der Waals surface area contributed by atoms with Gasteiger partial charge in [0.2, 0.25) is 0 Å². The average molecular weight is 441 g/mol. The summed E-state index contributed by atoms with van der Waals surface area (Å²) in [7, 11) is 0. The number of para-hydroxylation sites is 1. The Kier molecular flexibility index (Phi) is 5.72. The van der Waals surface area contributed by atoms with Gasteiger partial charge in [-0.2, -0.15) is 9.50 Å². The molecule has 2 heterocycles. The van der Waals surface area contributed by atoms with Crippen LogP contribution in [0.25, 0.3) is 5.78 Å². The van der Waals surface area contributed by atoms with E-state index in [0.29, 0.717) is 29.5 Å². The van der Waals surface area contributed by atoms with E-state index in [0.717, 1.165) is 22.0 Å². The molecule has 7 heteroatoms. The van der Waals surface area contributed by atoms with E-state index in [9.17, 15) is 4.79 Å². The molecule has 0 bridgehead atoms. The second-order valence-corrected chi connectivity index (χ2v) is 8.28. The lowest BCUT2D eigenvalue weighted by molar-refractivity contribution is 0.482. The SMILES string of the molecule is O=c1cc(CSc2ccc(Oc3ccccc3)cc2)nc2nc(Cc3ccccc3)[nH]n12. The van der Waals surface area contributed by atoms with Crippen molar-refractivity contribution in [1.29, 1.82) is 0 Å². The molecule has 0 saturated heterocycles. The van der Waals surface area contributed by atoms with Crippen LogP contribution in [0.5, 0.6) is 11.5 Å². The van der Waals surface area contributed by atoms with E-state index in [-0.39, 0.29) is 5.56 Å². The highest BCUT2D eigenvalue weighted by atomic mass is 32.2. The molecule has 158 valence electrons. The van der Waals surface area contributed by atoms with Gasteiger partial charge in [0.05, 0.1) is 5.69 Å². The van der Waals surface area contributed by atoms with Crippen molar-refractivity contribution >= 4 is 17.5 Å². The van der Waals surface area contributed by atoms with Crippen LogP contribution in [0.2, 0.25) is 0 Å². The van der Waals surface area contributed by atoms with Crippen molar-refractivity contribution in [1.82, 2.24) is 19.6 Å². The summed E-state index contributed by atoms with van der Waals surface area (Å²) in [5.41, 5.74) is 1.65. The van der Waals surface area contributed by atoms with E-state index in [1.807, 2.05) is 84.9 Å². The highest BCUT2D eigenvalue weighted by molar-refractivity contribution is 7.98. The summed E-state index contributed by atoms with van der Waals surface area (Å²) in [4.78, 5) is 22.7. The predicted molar refractivity (Wildman–Crippen MR) is 125 cm³/mol. The van der Waals surface area contributed by atoms with Gasteiger partial charge < -0.3 is 4.74 Å². The quantitative estimate of drug-likeness (QED) is 0.357. The Morgan fingerprint density at radius 2 is 1.53 bits per heavy atom. The predicted octanol–water partition coefficient (Wildman–Crippen LogP) is 5.09. The van der Waals surface area contributed by atoms with Crippen molar-refractivity contribution in [2.45, 2.75) is 17.1 Å². The summed E-state index contributed by atoms with van der Waals surface area (Å²) in [6.07, 6.45) is 0.616. The van der Waals surface area contributed by atoms with Crippen LogP contribution < -0.4 is 10.3 Å². The molecule has 0 amide bonds. The van der Waals surface area contributed by atoms with Crippen LogP contribution in [0.15, 0.2) is 101 Å². The van der Waals surface area contributed by atoms with Crippen LogP contribution in [0.3, 0.4) is 0 Å². The lowest BCUT2D eigenvalue weighted by Gasteiger charge is -2.06. The van der Waals surface area contributed by atoms with Crippen molar-refractivity contribution in [2.24, 2.45) is 0 Å². The molecule has 0 aliphatic heterocycles. The first-order chi connectivity index (χ1) is 15.7. The summed E-state index contributed by atoms with van der Waals surface area (Å²) in [6, 6.07) is 29.1. The Morgan fingerprint density at radius 1 is 0.844 bits per heavy atom. The van der Waals surface area contributed by atoms with Crippen molar-refractivity contribution in [2.75, 3.05) is 0 Å². The molecular formula is C25H20N4O2S. The molecular weight excluding hydrogens is 420 g/mol. The number of thioether (sulfide) groups is 1. The zero-order valence-corrected chi connectivity index (χ0v) is 18.0. The van der Waals surface area contributed by atoms with Gasteiger partial charge in [0.15, 0.2) is 0 Å². The molecule has 0 spiro atoms. The van der Waals surface area contributed by atoms with Gasteiger partial charge in [-0.3, -0.25) is 9.89 Å². The first kappa shape index (κ1) is 20.1. The van der Waals surface area contributed by atoms with E-state index < -0.39 is 0 Å². The minimum absolute atomic E-state index is 0.163. The van der Waals surface area contributed by atoms with Gasteiger partial charge in [-0.1, -0.05) is 48.5 Å². The lowest BCUT2D eigenvalue weighted by Crippen LogP contribution is -2.15. The van der Waals surface area contributed by atoms with E-state index in [1.54, 1.807) is 17.8 Å². The van der Waals surface area contributed by atoms with Gasteiger partial charge in [-0.25, -0.2) is 4.98 Å². The number of aromatic nitrogens is 4. The number of hydrogen-bond acceptors (Lipinski definition) is 5. The molecule has 0 aliphatic carbocycles. The summed E-state index contributed by atoms with van der Waals surface area (Å²) in [6.45, 7) is 0. The Labute approximate surface area is 188 Å². The number of benzene rings is 3. The van der Waals surface area contributed by atoms with E-state index in [1.165, 1.54) is 4.52 Å². The van der Waals surface area contributed by atoms with Gasteiger partial charge in [0, 0.05) is 23.1 Å². The minimum atomic E-state index is -0.163. The second-order valence-electron chi connectivity index (χ2n) is 7.23. The van der Waals surface area contributed by atoms with Gasteiger partial charge in [0.25, 0.3) is 11.3 Å². The van der Waals surface area contributed by atoms with Gasteiger partial charge in [-0.05, 0) is 42.0 Å². The monoisotopic (exact) mass is 440 g/mol. The Bertz CT molecular complexity index is 1380. The number of hydrogen-bond donors (Lipinski definition) is 1. The zero-order chi connectivity index (χ0) is 21.8. The third kappa shape index (κ3) is 4.73. The smallest absolute Gasteiger partial charge is 0.274 e. The molecule has 0 atom stereocenters. The number of aromatic amines is 1. The molecule has 6 nitrogen and oxygen atoms in total. The van der Waals surface area contributed by atoms with Crippen molar-refractivity contribution in [3.63, 3.8) is 0 Å². The Morgan fingerprint density at radius 3 is 2.28 bits per heavy atom. The van der Waals surface area contributed by atoms with Gasteiger partial charge in [0.1, 0.15) is 17.3 Å². The molecule has 3 aromatic carbocycles. The summed E-state index contributed by atoms with van der Waals surface area (Å²) in [5.74, 6) is 3.26. The highest BCUT2D eigenvalue weighted by Crippen LogP contribution is 2.26. The third-order valence-corrected chi connectivity index (χ3v) is 5.88. The first-order valence-electron chi connectivity index (χ1n) is 10.2. The number of rotatable bonds is 7. The largest absolute Gasteiger partial charge is 0.457 e. The third-order valence-electron chi connectivity index (χ3n) is 4.83.